The van der Waals surface area contributed by atoms with Crippen molar-refractivity contribution < 1.29 is 9.47 Å². The first-order valence-electron chi connectivity index (χ1n) is 5.15. The molecule has 0 aliphatic carbocycles. The molecule has 0 aromatic heterocycles. The average Bonchev–Trinajstić information content (AvgIpc) is 2.03. The molecule has 2 atom stereocenters. The van der Waals surface area contributed by atoms with Gasteiger partial charge in [-0.3, -0.25) is 0 Å². The highest BCUT2D eigenvalue weighted by atomic mass is 32.2. The minimum atomic E-state index is -0.387. The Morgan fingerprint density at radius 3 is 2.00 bits per heavy atom. The van der Waals surface area contributed by atoms with Gasteiger partial charge in [-0.05, 0) is 27.7 Å². The van der Waals surface area contributed by atoms with Crippen molar-refractivity contribution in [1.82, 2.24) is 0 Å². The van der Waals surface area contributed by atoms with Crippen molar-refractivity contribution in [3.63, 3.8) is 0 Å². The van der Waals surface area contributed by atoms with Gasteiger partial charge in [-0.25, -0.2) is 0 Å². The maximum atomic E-state index is 5.75. The minimum absolute atomic E-state index is 0.124. The van der Waals surface area contributed by atoms with E-state index in [0.717, 1.165) is 10.2 Å². The topological polar surface area (TPSA) is 44.5 Å². The zero-order valence-electron chi connectivity index (χ0n) is 9.87. The fraction of sp³-hybridized carbons (Fsp3) is 1.00. The molecule has 0 aliphatic rings. The Labute approximate surface area is 94.5 Å². The molecule has 0 heterocycles. The highest BCUT2D eigenvalue weighted by molar-refractivity contribution is 8.00. The average molecular weight is 237 g/mol. The monoisotopic (exact) mass is 237 g/mol. The normalized spacial score (nSPS) is 16.9. The highest BCUT2D eigenvalue weighted by Crippen LogP contribution is 2.27. The van der Waals surface area contributed by atoms with Gasteiger partial charge in [0.05, 0.1) is 15.5 Å². The molecule has 2 unspecified atom stereocenters. The molecule has 5 heteroatoms. The first-order chi connectivity index (χ1) is 6.46. The maximum Gasteiger partial charge on any atom is 0.152 e. The predicted molar refractivity (Wildman–Crippen MR) is 66.6 cm³/mol. The van der Waals surface area contributed by atoms with Crippen molar-refractivity contribution in [2.45, 2.75) is 43.7 Å². The quantitative estimate of drug-likeness (QED) is 0.517. The summed E-state index contributed by atoms with van der Waals surface area (Å²) < 4.78 is 11.4. The van der Waals surface area contributed by atoms with Crippen molar-refractivity contribution in [1.29, 1.82) is 0 Å². The van der Waals surface area contributed by atoms with Crippen LogP contribution in [0, 0.1) is 0 Å². The van der Waals surface area contributed by atoms with E-state index in [9.17, 15) is 0 Å². The zero-order valence-corrected chi connectivity index (χ0v) is 12.7. The van der Waals surface area contributed by atoms with Crippen LogP contribution in [0.15, 0.2) is 0 Å². The Bertz CT molecular complexity index is 152. The van der Waals surface area contributed by atoms with Crippen LogP contribution in [0.3, 0.4) is 0 Å². The molecule has 0 rings (SSSR count). The molecule has 0 amide bonds. The van der Waals surface area contributed by atoms with Crippen molar-refractivity contribution in [2.24, 2.45) is 5.73 Å². The SMILES string of the molecule is CCOC([SiH3])(OCC)C(C)SC(C)N. The van der Waals surface area contributed by atoms with E-state index in [1.54, 1.807) is 11.8 Å². The summed E-state index contributed by atoms with van der Waals surface area (Å²) in [6.45, 7) is 9.47. The van der Waals surface area contributed by atoms with E-state index in [0.29, 0.717) is 13.2 Å². The fourth-order valence-corrected chi connectivity index (χ4v) is 3.31. The Kier molecular flexibility index (Phi) is 7.06. The molecule has 14 heavy (non-hydrogen) atoms. The van der Waals surface area contributed by atoms with E-state index in [2.05, 4.69) is 6.92 Å². The van der Waals surface area contributed by atoms with Crippen LogP contribution in [0.5, 0.6) is 0 Å². The van der Waals surface area contributed by atoms with Crippen molar-refractivity contribution in [3.05, 3.63) is 0 Å². The van der Waals surface area contributed by atoms with Crippen molar-refractivity contribution in [3.8, 4) is 0 Å². The van der Waals surface area contributed by atoms with Crippen LogP contribution in [0.2, 0.25) is 0 Å². The van der Waals surface area contributed by atoms with Gasteiger partial charge in [0.1, 0.15) is 0 Å². The largest absolute Gasteiger partial charge is 0.354 e. The van der Waals surface area contributed by atoms with E-state index in [-0.39, 0.29) is 16.0 Å². The summed E-state index contributed by atoms with van der Waals surface area (Å²) in [5.74, 6) is 0. The number of ether oxygens (including phenoxy) is 2. The molecular formula is C9H23NO2SSi. The Hall–Kier alpha value is 0.447. The van der Waals surface area contributed by atoms with Crippen LogP contribution in [0.1, 0.15) is 27.7 Å². The van der Waals surface area contributed by atoms with Gasteiger partial charge in [-0.1, -0.05) is 0 Å². The third-order valence-corrected chi connectivity index (χ3v) is 5.15. The van der Waals surface area contributed by atoms with Gasteiger partial charge in [0.2, 0.25) is 0 Å². The maximum absolute atomic E-state index is 5.75. The molecule has 86 valence electrons. The third kappa shape index (κ3) is 4.79. The smallest absolute Gasteiger partial charge is 0.152 e. The summed E-state index contributed by atoms with van der Waals surface area (Å²) in [6.07, 6.45) is 0. The number of hydrogen-bond acceptors (Lipinski definition) is 4. The van der Waals surface area contributed by atoms with Crippen LogP contribution in [-0.4, -0.2) is 39.5 Å². The Morgan fingerprint density at radius 2 is 1.71 bits per heavy atom. The van der Waals surface area contributed by atoms with Gasteiger partial charge in [-0.15, -0.1) is 11.8 Å². The number of rotatable bonds is 7. The van der Waals surface area contributed by atoms with E-state index in [4.69, 9.17) is 15.2 Å². The van der Waals surface area contributed by atoms with E-state index in [1.165, 1.54) is 0 Å². The van der Waals surface area contributed by atoms with Crippen LogP contribution in [-0.2, 0) is 9.47 Å². The summed E-state index contributed by atoms with van der Waals surface area (Å²) in [5, 5.41) is 0.410. The summed E-state index contributed by atoms with van der Waals surface area (Å²) in [6, 6.07) is 0. The lowest BCUT2D eigenvalue weighted by molar-refractivity contribution is -0.170. The predicted octanol–water partition coefficient (Wildman–Crippen LogP) is 0.505. The van der Waals surface area contributed by atoms with Crippen LogP contribution >= 0.6 is 11.8 Å². The van der Waals surface area contributed by atoms with Crippen LogP contribution in [0.4, 0.5) is 0 Å². The highest BCUT2D eigenvalue weighted by Gasteiger charge is 2.32. The second kappa shape index (κ2) is 6.84. The van der Waals surface area contributed by atoms with E-state index < -0.39 is 0 Å². The Balaban J connectivity index is 4.29. The Morgan fingerprint density at radius 1 is 1.29 bits per heavy atom. The van der Waals surface area contributed by atoms with Crippen molar-refractivity contribution in [2.75, 3.05) is 13.2 Å². The molecule has 0 saturated heterocycles. The molecular weight excluding hydrogens is 214 g/mol. The molecule has 0 aromatic carbocycles. The van der Waals surface area contributed by atoms with Crippen molar-refractivity contribution >= 4 is 22.0 Å². The molecule has 0 bridgehead atoms. The molecule has 0 saturated carbocycles. The van der Waals surface area contributed by atoms with Gasteiger partial charge in [0, 0.05) is 18.6 Å². The lowest BCUT2D eigenvalue weighted by atomic mass is 10.4. The van der Waals surface area contributed by atoms with Gasteiger partial charge < -0.3 is 15.2 Å². The number of hydrogen-bond donors (Lipinski definition) is 1. The number of thioether (sulfide) groups is 1. The molecule has 0 aliphatic heterocycles. The summed E-state index contributed by atoms with van der Waals surface area (Å²) in [4.78, 5) is 0. The van der Waals surface area contributed by atoms with E-state index >= 15 is 0 Å². The molecule has 0 fully saturated rings. The van der Waals surface area contributed by atoms with Crippen LogP contribution in [0.25, 0.3) is 0 Å². The summed E-state index contributed by atoms with van der Waals surface area (Å²) in [7, 11) is 0.856. The van der Waals surface area contributed by atoms with Gasteiger partial charge in [0.15, 0.2) is 5.41 Å². The molecule has 0 radical (unpaired) electrons. The molecule has 3 nitrogen and oxygen atoms in total. The first-order valence-corrected chi connectivity index (χ1v) is 7.09. The lowest BCUT2D eigenvalue weighted by Crippen LogP contribution is -2.46. The fourth-order valence-electron chi connectivity index (χ4n) is 1.30. The van der Waals surface area contributed by atoms with Gasteiger partial charge in [0.25, 0.3) is 0 Å². The molecule has 0 spiro atoms. The number of nitrogens with two attached hydrogens (primary N) is 1. The minimum Gasteiger partial charge on any atom is -0.354 e. The molecule has 2 N–H and O–H groups in total. The second-order valence-corrected chi connectivity index (χ2v) is 6.48. The standard InChI is InChI=1S/C9H23NO2SSi/c1-5-11-9(14,12-6-2)7(3)13-8(4)10/h7-8H,5-6,10H2,1-4,14H3. The zero-order chi connectivity index (χ0) is 11.2. The van der Waals surface area contributed by atoms with Gasteiger partial charge in [-0.2, -0.15) is 0 Å². The first kappa shape index (κ1) is 14.4. The molecule has 0 aromatic rings. The third-order valence-electron chi connectivity index (χ3n) is 2.02. The van der Waals surface area contributed by atoms with E-state index in [1.807, 2.05) is 20.8 Å². The summed E-state index contributed by atoms with van der Waals surface area (Å²) >= 11 is 1.70. The lowest BCUT2D eigenvalue weighted by Gasteiger charge is -2.35. The summed E-state index contributed by atoms with van der Waals surface area (Å²) in [5.41, 5.74) is 5.36. The van der Waals surface area contributed by atoms with Gasteiger partial charge >= 0.3 is 0 Å². The second-order valence-electron chi connectivity index (χ2n) is 3.37. The van der Waals surface area contributed by atoms with Crippen LogP contribution < -0.4 is 5.73 Å².